The lowest BCUT2D eigenvalue weighted by molar-refractivity contribution is -0.120. The monoisotopic (exact) mass is 415 g/mol. The lowest BCUT2D eigenvalue weighted by Gasteiger charge is -2.32. The quantitative estimate of drug-likeness (QED) is 0.527. The van der Waals surface area contributed by atoms with Gasteiger partial charge in [-0.15, -0.1) is 11.3 Å². The summed E-state index contributed by atoms with van der Waals surface area (Å²) in [6.07, 6.45) is 6.60. The third kappa shape index (κ3) is 3.64. The van der Waals surface area contributed by atoms with Crippen molar-refractivity contribution >= 4 is 39.0 Å². The Kier molecular flexibility index (Phi) is 5.11. The predicted molar refractivity (Wildman–Crippen MR) is 121 cm³/mol. The zero-order chi connectivity index (χ0) is 20.3. The van der Waals surface area contributed by atoms with Crippen molar-refractivity contribution in [3.63, 3.8) is 0 Å². The molecule has 0 spiro atoms. The van der Waals surface area contributed by atoms with E-state index in [4.69, 9.17) is 0 Å². The predicted octanol–water partition coefficient (Wildman–Crippen LogP) is 4.61. The number of fused-ring (bicyclic) bond motifs is 1. The van der Waals surface area contributed by atoms with Crippen LogP contribution in [0.4, 0.5) is 11.5 Å². The first-order chi connectivity index (χ1) is 14.8. The van der Waals surface area contributed by atoms with Crippen molar-refractivity contribution in [3.05, 3.63) is 66.6 Å². The maximum Gasteiger partial charge on any atom is 0.227 e. The van der Waals surface area contributed by atoms with E-state index in [1.165, 1.54) is 11.1 Å². The fraction of sp³-hybridized carbons (Fsp3) is 0.217. The average Bonchev–Trinajstić information content (AvgIpc) is 3.25. The number of benzene rings is 1. The van der Waals surface area contributed by atoms with E-state index in [9.17, 15) is 4.79 Å². The van der Waals surface area contributed by atoms with Crippen molar-refractivity contribution in [1.29, 1.82) is 0 Å². The van der Waals surface area contributed by atoms with Gasteiger partial charge in [0.1, 0.15) is 17.0 Å². The number of hydrogen-bond donors (Lipinski definition) is 1. The van der Waals surface area contributed by atoms with Crippen molar-refractivity contribution in [1.82, 2.24) is 15.0 Å². The van der Waals surface area contributed by atoms with Crippen LogP contribution in [0.2, 0.25) is 0 Å². The van der Waals surface area contributed by atoms with Crippen molar-refractivity contribution in [2.45, 2.75) is 12.8 Å². The molecular formula is C23H21N5OS. The number of piperidine rings is 1. The van der Waals surface area contributed by atoms with E-state index in [0.717, 1.165) is 47.7 Å². The van der Waals surface area contributed by atoms with Gasteiger partial charge in [-0.3, -0.25) is 9.78 Å². The minimum Gasteiger partial charge on any atom is -0.356 e. The minimum atomic E-state index is -0.00477. The molecule has 1 aliphatic rings. The molecule has 150 valence electrons. The van der Waals surface area contributed by atoms with Crippen LogP contribution in [0.1, 0.15) is 12.8 Å². The highest BCUT2D eigenvalue weighted by atomic mass is 32.1. The first-order valence-corrected chi connectivity index (χ1v) is 10.9. The summed E-state index contributed by atoms with van der Waals surface area (Å²) in [5, 5.41) is 6.24. The highest BCUT2D eigenvalue weighted by molar-refractivity contribution is 7.17. The number of carbonyl (C=O) groups excluding carboxylic acids is 1. The van der Waals surface area contributed by atoms with E-state index in [2.05, 4.69) is 54.8 Å². The molecule has 1 aliphatic heterocycles. The van der Waals surface area contributed by atoms with E-state index in [1.807, 2.05) is 18.2 Å². The van der Waals surface area contributed by atoms with Gasteiger partial charge in [-0.2, -0.15) is 0 Å². The Morgan fingerprint density at radius 1 is 1.07 bits per heavy atom. The van der Waals surface area contributed by atoms with Gasteiger partial charge in [-0.1, -0.05) is 30.3 Å². The third-order valence-electron chi connectivity index (χ3n) is 5.53. The van der Waals surface area contributed by atoms with Crippen LogP contribution in [0.5, 0.6) is 0 Å². The second-order valence-corrected chi connectivity index (χ2v) is 8.24. The Bertz CT molecular complexity index is 1150. The van der Waals surface area contributed by atoms with Gasteiger partial charge in [-0.05, 0) is 30.5 Å². The summed E-state index contributed by atoms with van der Waals surface area (Å²) in [6, 6.07) is 14.0. The first-order valence-electron chi connectivity index (χ1n) is 10.0. The van der Waals surface area contributed by atoms with Gasteiger partial charge in [0.25, 0.3) is 0 Å². The summed E-state index contributed by atoms with van der Waals surface area (Å²) in [4.78, 5) is 29.1. The van der Waals surface area contributed by atoms with Gasteiger partial charge in [0, 0.05) is 36.1 Å². The van der Waals surface area contributed by atoms with Gasteiger partial charge in [0.15, 0.2) is 0 Å². The normalized spacial score (nSPS) is 14.7. The average molecular weight is 416 g/mol. The van der Waals surface area contributed by atoms with Gasteiger partial charge < -0.3 is 10.2 Å². The topological polar surface area (TPSA) is 71.0 Å². The fourth-order valence-electron chi connectivity index (χ4n) is 3.96. The molecule has 0 unspecified atom stereocenters. The molecular weight excluding hydrogens is 394 g/mol. The maximum atomic E-state index is 12.6. The molecule has 1 N–H and O–H groups in total. The number of amides is 1. The van der Waals surface area contributed by atoms with Crippen molar-refractivity contribution in [2.75, 3.05) is 23.3 Å². The van der Waals surface area contributed by atoms with Crippen LogP contribution in [0.25, 0.3) is 21.3 Å². The molecule has 0 radical (unpaired) electrons. The third-order valence-corrected chi connectivity index (χ3v) is 6.42. The molecule has 1 fully saturated rings. The molecule has 0 aliphatic carbocycles. The number of thiophene rings is 1. The zero-order valence-electron chi connectivity index (χ0n) is 16.4. The van der Waals surface area contributed by atoms with Crippen LogP contribution in [0.3, 0.4) is 0 Å². The lowest BCUT2D eigenvalue weighted by atomic mass is 9.95. The first kappa shape index (κ1) is 18.7. The number of anilines is 2. The number of hydrogen-bond acceptors (Lipinski definition) is 6. The van der Waals surface area contributed by atoms with Gasteiger partial charge in [0.2, 0.25) is 5.91 Å². The summed E-state index contributed by atoms with van der Waals surface area (Å²) >= 11 is 1.65. The van der Waals surface area contributed by atoms with E-state index in [-0.39, 0.29) is 11.8 Å². The molecule has 1 amide bonds. The number of aromatic nitrogens is 3. The lowest BCUT2D eigenvalue weighted by Crippen LogP contribution is -2.38. The smallest absolute Gasteiger partial charge is 0.227 e. The van der Waals surface area contributed by atoms with Crippen LogP contribution in [0, 0.1) is 5.92 Å². The molecule has 1 saturated heterocycles. The van der Waals surface area contributed by atoms with Gasteiger partial charge >= 0.3 is 0 Å². The molecule has 6 nitrogen and oxygen atoms in total. The second-order valence-electron chi connectivity index (χ2n) is 7.39. The number of rotatable bonds is 4. The molecule has 7 heteroatoms. The summed E-state index contributed by atoms with van der Waals surface area (Å²) in [5.41, 5.74) is 3.08. The molecule has 4 heterocycles. The van der Waals surface area contributed by atoms with Crippen molar-refractivity contribution < 1.29 is 4.79 Å². The van der Waals surface area contributed by atoms with Crippen molar-refractivity contribution in [2.24, 2.45) is 5.92 Å². The Morgan fingerprint density at radius 2 is 1.90 bits per heavy atom. The standard InChI is InChI=1S/C23H21N5OS/c29-22(27-18-7-4-10-24-13-18)17-8-11-28(12-9-17)21-20-19(16-5-2-1-3-6-16)14-30-23(20)26-15-25-21/h1-7,10,13-15,17H,8-9,11-12H2,(H,27,29). The molecule has 0 bridgehead atoms. The highest BCUT2D eigenvalue weighted by Crippen LogP contribution is 2.38. The molecule has 3 aromatic heterocycles. The Labute approximate surface area is 178 Å². The SMILES string of the molecule is O=C(Nc1cccnc1)C1CCN(c2ncnc3scc(-c4ccccc4)c23)CC1. The van der Waals surface area contributed by atoms with Crippen LogP contribution in [-0.2, 0) is 4.79 Å². The molecule has 5 rings (SSSR count). The number of pyridine rings is 1. The van der Waals surface area contributed by atoms with Crippen LogP contribution in [-0.4, -0.2) is 33.9 Å². The zero-order valence-corrected chi connectivity index (χ0v) is 17.2. The van der Waals surface area contributed by atoms with Gasteiger partial charge in [0.05, 0.1) is 17.3 Å². The van der Waals surface area contributed by atoms with Crippen LogP contribution in [0.15, 0.2) is 66.6 Å². The molecule has 30 heavy (non-hydrogen) atoms. The molecule has 1 aromatic carbocycles. The summed E-state index contributed by atoms with van der Waals surface area (Å²) < 4.78 is 0. The number of nitrogens with zero attached hydrogens (tertiary/aromatic N) is 4. The number of carbonyl (C=O) groups is 1. The molecule has 4 aromatic rings. The molecule has 0 atom stereocenters. The number of nitrogens with one attached hydrogen (secondary N) is 1. The molecule has 0 saturated carbocycles. The van der Waals surface area contributed by atoms with E-state index < -0.39 is 0 Å². The van der Waals surface area contributed by atoms with E-state index >= 15 is 0 Å². The van der Waals surface area contributed by atoms with E-state index in [1.54, 1.807) is 30.1 Å². The fourth-order valence-corrected chi connectivity index (χ4v) is 4.87. The highest BCUT2D eigenvalue weighted by Gasteiger charge is 2.27. The Morgan fingerprint density at radius 3 is 2.67 bits per heavy atom. The summed E-state index contributed by atoms with van der Waals surface area (Å²) in [7, 11) is 0. The van der Waals surface area contributed by atoms with Crippen molar-refractivity contribution in [3.8, 4) is 11.1 Å². The van der Waals surface area contributed by atoms with Gasteiger partial charge in [-0.25, -0.2) is 9.97 Å². The summed E-state index contributed by atoms with van der Waals surface area (Å²) in [6.45, 7) is 1.59. The second kappa shape index (κ2) is 8.20. The maximum absolute atomic E-state index is 12.6. The Hall–Kier alpha value is -3.32. The van der Waals surface area contributed by atoms with E-state index in [0.29, 0.717) is 0 Å². The Balaban J connectivity index is 1.35. The summed E-state index contributed by atoms with van der Waals surface area (Å²) in [5.74, 6) is 1.03. The van der Waals surface area contributed by atoms with Crippen LogP contribution < -0.4 is 10.2 Å². The minimum absolute atomic E-state index is 0.00477. The van der Waals surface area contributed by atoms with Crippen LogP contribution >= 0.6 is 11.3 Å². The largest absolute Gasteiger partial charge is 0.356 e.